The average molecular weight is 511 g/mol. The standard InChI is InChI=1S/C24H35N2O5.BrH/c1-25-13-14-26(19-25)12-10-8-6-4-5-7-9-11-15-31-22-17-20(23(27)29-2)16-21(18-22)24(28)30-3;/h13-14,16-19H,4-12,15H2,1-3H3;1H/q+1;/p-1. The normalized spacial score (nSPS) is 10.3. The molecule has 8 heteroatoms. The first-order valence-electron chi connectivity index (χ1n) is 11.0. The Hall–Kier alpha value is -2.35. The Bertz CT molecular complexity index is 803. The lowest BCUT2D eigenvalue weighted by Gasteiger charge is -2.10. The van der Waals surface area contributed by atoms with Gasteiger partial charge in [0.2, 0.25) is 6.33 Å². The Balaban J connectivity index is 0.00000512. The maximum absolute atomic E-state index is 11.8. The number of ether oxygens (including phenoxy) is 3. The molecule has 1 heterocycles. The lowest BCUT2D eigenvalue weighted by atomic mass is 10.1. The zero-order valence-electron chi connectivity index (χ0n) is 19.3. The van der Waals surface area contributed by atoms with Crippen LogP contribution in [0.1, 0.15) is 72.1 Å². The van der Waals surface area contributed by atoms with Crippen molar-refractivity contribution in [3.8, 4) is 5.75 Å². The third kappa shape index (κ3) is 9.85. The van der Waals surface area contributed by atoms with Crippen LogP contribution in [0.15, 0.2) is 36.9 Å². The van der Waals surface area contributed by atoms with Crippen LogP contribution in [-0.4, -0.2) is 37.3 Å². The summed E-state index contributed by atoms with van der Waals surface area (Å²) in [6.45, 7) is 1.63. The number of esters is 2. The highest BCUT2D eigenvalue weighted by atomic mass is 79.9. The van der Waals surface area contributed by atoms with Crippen LogP contribution >= 0.6 is 0 Å². The van der Waals surface area contributed by atoms with Gasteiger partial charge in [0.05, 0.1) is 45.5 Å². The van der Waals surface area contributed by atoms with Gasteiger partial charge in [0.25, 0.3) is 0 Å². The number of nitrogens with zero attached hydrogens (tertiary/aromatic N) is 2. The number of aryl methyl sites for hydroxylation is 2. The number of carbonyl (C=O) groups excluding carboxylic acids is 2. The number of unbranched alkanes of at least 4 members (excludes halogenated alkanes) is 7. The summed E-state index contributed by atoms with van der Waals surface area (Å²) in [5.74, 6) is -0.560. The first kappa shape index (κ1) is 27.7. The topological polar surface area (TPSA) is 70.6 Å². The minimum Gasteiger partial charge on any atom is -1.00 e. The van der Waals surface area contributed by atoms with Crippen molar-refractivity contribution in [1.29, 1.82) is 0 Å². The monoisotopic (exact) mass is 510 g/mol. The lowest BCUT2D eigenvalue weighted by Crippen LogP contribution is -3.00. The fraction of sp³-hybridized carbons (Fsp3) is 0.542. The summed E-state index contributed by atoms with van der Waals surface area (Å²) in [6.07, 6.45) is 15.8. The fourth-order valence-electron chi connectivity index (χ4n) is 3.43. The molecular weight excluding hydrogens is 476 g/mol. The van der Waals surface area contributed by atoms with Gasteiger partial charge in [0.15, 0.2) is 0 Å². The number of benzene rings is 1. The number of halogens is 1. The van der Waals surface area contributed by atoms with E-state index in [9.17, 15) is 9.59 Å². The Morgan fingerprint density at radius 3 is 1.88 bits per heavy atom. The lowest BCUT2D eigenvalue weighted by molar-refractivity contribution is -0.696. The molecule has 0 aliphatic carbocycles. The molecule has 0 fully saturated rings. The maximum atomic E-state index is 11.8. The van der Waals surface area contributed by atoms with Crippen LogP contribution in [0.5, 0.6) is 5.75 Å². The fourth-order valence-corrected chi connectivity index (χ4v) is 3.43. The van der Waals surface area contributed by atoms with Gasteiger partial charge in [-0.1, -0.05) is 32.1 Å². The molecule has 0 saturated heterocycles. The summed E-state index contributed by atoms with van der Waals surface area (Å²) < 4.78 is 19.5. The second kappa shape index (κ2) is 15.5. The molecule has 0 amide bonds. The van der Waals surface area contributed by atoms with Gasteiger partial charge >= 0.3 is 11.9 Å². The van der Waals surface area contributed by atoms with Crippen molar-refractivity contribution < 1.29 is 45.3 Å². The first-order valence-corrected chi connectivity index (χ1v) is 11.0. The zero-order chi connectivity index (χ0) is 22.5. The van der Waals surface area contributed by atoms with Crippen LogP contribution in [0.3, 0.4) is 0 Å². The van der Waals surface area contributed by atoms with Crippen LogP contribution in [0.2, 0.25) is 0 Å². The third-order valence-electron chi connectivity index (χ3n) is 5.15. The number of hydrogen-bond donors (Lipinski definition) is 0. The molecule has 0 radical (unpaired) electrons. The van der Waals surface area contributed by atoms with Gasteiger partial charge in [-0.3, -0.25) is 0 Å². The first-order chi connectivity index (χ1) is 15.0. The SMILES string of the molecule is COC(=O)c1cc(OCCCCCCCCCC[n+]2ccn(C)c2)cc(C(=O)OC)c1.[Br-]. The molecule has 0 spiro atoms. The number of methoxy groups -OCH3 is 2. The van der Waals surface area contributed by atoms with Gasteiger partial charge in [0.1, 0.15) is 18.1 Å². The van der Waals surface area contributed by atoms with Gasteiger partial charge in [0, 0.05) is 0 Å². The van der Waals surface area contributed by atoms with E-state index in [1.54, 1.807) is 12.1 Å². The quantitative estimate of drug-likeness (QED) is 0.216. The number of hydrogen-bond acceptors (Lipinski definition) is 5. The number of aromatic nitrogens is 2. The van der Waals surface area contributed by atoms with E-state index in [1.807, 2.05) is 7.05 Å². The molecule has 0 aliphatic rings. The highest BCUT2D eigenvalue weighted by molar-refractivity contribution is 5.96. The van der Waals surface area contributed by atoms with E-state index < -0.39 is 11.9 Å². The minimum atomic E-state index is -0.516. The molecule has 1 aromatic heterocycles. The molecule has 178 valence electrons. The molecule has 7 nitrogen and oxygen atoms in total. The average Bonchev–Trinajstić information content (AvgIpc) is 3.20. The van der Waals surface area contributed by atoms with E-state index in [0.717, 1.165) is 19.4 Å². The van der Waals surface area contributed by atoms with Gasteiger partial charge in [-0.2, -0.15) is 0 Å². The Labute approximate surface area is 201 Å². The molecular formula is C24H35BrN2O5. The molecule has 0 bridgehead atoms. The highest BCUT2D eigenvalue weighted by Crippen LogP contribution is 2.20. The summed E-state index contributed by atoms with van der Waals surface area (Å²) >= 11 is 0. The second-order valence-electron chi connectivity index (χ2n) is 7.72. The Morgan fingerprint density at radius 1 is 0.844 bits per heavy atom. The summed E-state index contributed by atoms with van der Waals surface area (Å²) in [5, 5.41) is 0. The van der Waals surface area contributed by atoms with Crippen molar-refractivity contribution in [2.24, 2.45) is 7.05 Å². The van der Waals surface area contributed by atoms with Crippen molar-refractivity contribution in [2.45, 2.75) is 57.9 Å². The van der Waals surface area contributed by atoms with Crippen LogP contribution in [-0.2, 0) is 23.1 Å². The van der Waals surface area contributed by atoms with Gasteiger partial charge < -0.3 is 31.2 Å². The molecule has 1 aromatic carbocycles. The summed E-state index contributed by atoms with van der Waals surface area (Å²) in [7, 11) is 4.65. The zero-order valence-corrected chi connectivity index (χ0v) is 20.9. The Morgan fingerprint density at radius 2 is 1.38 bits per heavy atom. The van der Waals surface area contributed by atoms with Crippen molar-refractivity contribution in [2.75, 3.05) is 20.8 Å². The maximum Gasteiger partial charge on any atom is 0.338 e. The van der Waals surface area contributed by atoms with E-state index in [2.05, 4.69) is 27.9 Å². The number of rotatable bonds is 14. The van der Waals surface area contributed by atoms with E-state index in [-0.39, 0.29) is 28.1 Å². The summed E-state index contributed by atoms with van der Waals surface area (Å²) in [4.78, 5) is 23.6. The number of imidazole rings is 1. The van der Waals surface area contributed by atoms with Crippen LogP contribution in [0.4, 0.5) is 0 Å². The van der Waals surface area contributed by atoms with E-state index in [0.29, 0.717) is 12.4 Å². The highest BCUT2D eigenvalue weighted by Gasteiger charge is 2.14. The van der Waals surface area contributed by atoms with Gasteiger partial charge in [-0.05, 0) is 37.5 Å². The van der Waals surface area contributed by atoms with Crippen molar-refractivity contribution in [1.82, 2.24) is 4.57 Å². The summed E-state index contributed by atoms with van der Waals surface area (Å²) in [6, 6.07) is 4.63. The smallest absolute Gasteiger partial charge is 0.338 e. The molecule has 32 heavy (non-hydrogen) atoms. The van der Waals surface area contributed by atoms with Crippen LogP contribution < -0.4 is 26.3 Å². The molecule has 0 saturated carbocycles. The predicted molar refractivity (Wildman–Crippen MR) is 117 cm³/mol. The second-order valence-corrected chi connectivity index (χ2v) is 7.72. The molecule has 2 rings (SSSR count). The van der Waals surface area contributed by atoms with E-state index in [4.69, 9.17) is 14.2 Å². The minimum absolute atomic E-state index is 0. The molecule has 0 atom stereocenters. The van der Waals surface area contributed by atoms with Crippen molar-refractivity contribution >= 4 is 11.9 Å². The van der Waals surface area contributed by atoms with Gasteiger partial charge in [-0.15, -0.1) is 0 Å². The third-order valence-corrected chi connectivity index (χ3v) is 5.15. The van der Waals surface area contributed by atoms with Gasteiger partial charge in [-0.25, -0.2) is 18.7 Å². The number of carbonyl (C=O) groups is 2. The van der Waals surface area contributed by atoms with E-state index in [1.165, 1.54) is 58.8 Å². The molecule has 2 aromatic rings. The molecule has 0 N–H and O–H groups in total. The molecule has 0 unspecified atom stereocenters. The summed E-state index contributed by atoms with van der Waals surface area (Å²) in [5.41, 5.74) is 0.539. The van der Waals surface area contributed by atoms with Crippen LogP contribution in [0, 0.1) is 0 Å². The Kier molecular flexibility index (Phi) is 13.4. The van der Waals surface area contributed by atoms with E-state index >= 15 is 0 Å². The van der Waals surface area contributed by atoms with Crippen LogP contribution in [0.25, 0.3) is 0 Å². The van der Waals surface area contributed by atoms with Crippen molar-refractivity contribution in [3.63, 3.8) is 0 Å². The molecule has 0 aliphatic heterocycles. The largest absolute Gasteiger partial charge is 1.00 e. The predicted octanol–water partition coefficient (Wildman–Crippen LogP) is 1.09. The van der Waals surface area contributed by atoms with Crippen molar-refractivity contribution in [3.05, 3.63) is 48.0 Å².